The first kappa shape index (κ1) is 17.4. The Morgan fingerprint density at radius 1 is 0.833 bits per heavy atom. The highest BCUT2D eigenvalue weighted by Gasteiger charge is 2.05. The van der Waals surface area contributed by atoms with Crippen LogP contribution in [0, 0.1) is 0 Å². The van der Waals surface area contributed by atoms with Crippen molar-refractivity contribution in [3.8, 4) is 0 Å². The lowest BCUT2D eigenvalue weighted by Crippen LogP contribution is -2.00. The average Bonchev–Trinajstić information content (AvgIpc) is 2.62. The van der Waals surface area contributed by atoms with Crippen molar-refractivity contribution >= 4 is 5.97 Å². The molecule has 1 heterocycles. The summed E-state index contributed by atoms with van der Waals surface area (Å²) in [6.45, 7) is 1.28. The van der Waals surface area contributed by atoms with Crippen molar-refractivity contribution in [2.24, 2.45) is 0 Å². The lowest BCUT2D eigenvalue weighted by Gasteiger charge is -1.97. The Hall–Kier alpha value is -0.610. The Morgan fingerprint density at radius 2 is 1.39 bits per heavy atom. The van der Waals surface area contributed by atoms with Gasteiger partial charge in [0.2, 0.25) is 0 Å². The molecule has 1 fully saturated rings. The van der Waals surface area contributed by atoms with Gasteiger partial charge in [0.1, 0.15) is 0 Å². The number of hydrogen-bond acceptors (Lipinski definition) is 4. The zero-order valence-corrected chi connectivity index (χ0v) is 11.4. The molecule has 0 saturated carbocycles. The molecular formula is C14H28O4. The number of aliphatic hydroxyl groups excluding tert-OH is 2. The standard InChI is InChI=1S/C8H18O2.C6H10O2/c9-7-5-3-1-2-4-6-8-10;7-6-4-2-1-3-5-8-6/h9-10H,1-8H2;1-5H2. The molecule has 18 heavy (non-hydrogen) atoms. The van der Waals surface area contributed by atoms with E-state index in [0.717, 1.165) is 44.9 Å². The minimum absolute atomic E-state index is 0.0255. The number of cyclic esters (lactones) is 1. The third kappa shape index (κ3) is 13.5. The van der Waals surface area contributed by atoms with Crippen LogP contribution >= 0.6 is 0 Å². The molecule has 0 aromatic rings. The van der Waals surface area contributed by atoms with Crippen LogP contribution in [0.5, 0.6) is 0 Å². The van der Waals surface area contributed by atoms with Crippen molar-refractivity contribution in [1.29, 1.82) is 0 Å². The van der Waals surface area contributed by atoms with Gasteiger partial charge in [-0.05, 0) is 32.1 Å². The summed E-state index contributed by atoms with van der Waals surface area (Å²) >= 11 is 0. The topological polar surface area (TPSA) is 66.8 Å². The van der Waals surface area contributed by atoms with Crippen LogP contribution in [0.1, 0.15) is 64.2 Å². The van der Waals surface area contributed by atoms with Crippen molar-refractivity contribution in [1.82, 2.24) is 0 Å². The molecule has 1 aliphatic rings. The van der Waals surface area contributed by atoms with Gasteiger partial charge in [0.15, 0.2) is 0 Å². The van der Waals surface area contributed by atoms with E-state index >= 15 is 0 Å². The van der Waals surface area contributed by atoms with Gasteiger partial charge in [-0.2, -0.15) is 0 Å². The smallest absolute Gasteiger partial charge is 0.305 e. The molecule has 0 spiro atoms. The van der Waals surface area contributed by atoms with E-state index in [1.807, 2.05) is 0 Å². The zero-order valence-electron chi connectivity index (χ0n) is 11.4. The van der Waals surface area contributed by atoms with Crippen LogP contribution in [-0.2, 0) is 9.53 Å². The Bertz CT molecular complexity index is 165. The Morgan fingerprint density at radius 3 is 1.94 bits per heavy atom. The van der Waals surface area contributed by atoms with Crippen LogP contribution in [0.2, 0.25) is 0 Å². The van der Waals surface area contributed by atoms with Crippen LogP contribution in [-0.4, -0.2) is 36.0 Å². The van der Waals surface area contributed by atoms with Gasteiger partial charge >= 0.3 is 5.97 Å². The highest BCUT2D eigenvalue weighted by molar-refractivity contribution is 5.69. The summed E-state index contributed by atoms with van der Waals surface area (Å²) in [6, 6.07) is 0. The summed E-state index contributed by atoms with van der Waals surface area (Å²) in [5.74, 6) is -0.0255. The molecule has 0 bridgehead atoms. The van der Waals surface area contributed by atoms with E-state index in [0.29, 0.717) is 26.2 Å². The van der Waals surface area contributed by atoms with E-state index in [1.165, 1.54) is 12.8 Å². The number of rotatable bonds is 7. The summed E-state index contributed by atoms with van der Waals surface area (Å²) < 4.78 is 4.76. The molecule has 4 heteroatoms. The van der Waals surface area contributed by atoms with E-state index in [9.17, 15) is 4.79 Å². The normalized spacial score (nSPS) is 15.3. The fraction of sp³-hybridized carbons (Fsp3) is 0.929. The fourth-order valence-corrected chi connectivity index (χ4v) is 1.74. The highest BCUT2D eigenvalue weighted by atomic mass is 16.5. The average molecular weight is 260 g/mol. The van der Waals surface area contributed by atoms with Gasteiger partial charge < -0.3 is 14.9 Å². The van der Waals surface area contributed by atoms with Gasteiger partial charge in [-0.25, -0.2) is 0 Å². The molecule has 1 aliphatic heterocycles. The van der Waals surface area contributed by atoms with Crippen LogP contribution in [0.15, 0.2) is 0 Å². The molecule has 108 valence electrons. The van der Waals surface area contributed by atoms with Crippen molar-refractivity contribution in [2.75, 3.05) is 19.8 Å². The van der Waals surface area contributed by atoms with Crippen LogP contribution in [0.25, 0.3) is 0 Å². The van der Waals surface area contributed by atoms with Crippen molar-refractivity contribution in [3.63, 3.8) is 0 Å². The summed E-state index contributed by atoms with van der Waals surface area (Å²) in [5.41, 5.74) is 0. The Kier molecular flexibility index (Phi) is 14.0. The maximum Gasteiger partial charge on any atom is 0.305 e. The Balaban J connectivity index is 0.000000327. The van der Waals surface area contributed by atoms with E-state index in [2.05, 4.69) is 0 Å². The predicted molar refractivity (Wildman–Crippen MR) is 71.3 cm³/mol. The lowest BCUT2D eigenvalue weighted by atomic mass is 10.1. The lowest BCUT2D eigenvalue weighted by molar-refractivity contribution is -0.142. The molecular weight excluding hydrogens is 232 g/mol. The fourth-order valence-electron chi connectivity index (χ4n) is 1.74. The highest BCUT2D eigenvalue weighted by Crippen LogP contribution is 2.06. The first-order valence-corrected chi connectivity index (χ1v) is 7.18. The van der Waals surface area contributed by atoms with Gasteiger partial charge in [0, 0.05) is 19.6 Å². The van der Waals surface area contributed by atoms with E-state index in [4.69, 9.17) is 14.9 Å². The number of hydrogen-bond donors (Lipinski definition) is 2. The van der Waals surface area contributed by atoms with Gasteiger partial charge in [0.25, 0.3) is 0 Å². The second kappa shape index (κ2) is 14.5. The SMILES string of the molecule is O=C1CCCCCO1.OCCCCCCCCO. The van der Waals surface area contributed by atoms with Crippen molar-refractivity contribution < 1.29 is 19.7 Å². The summed E-state index contributed by atoms with van der Waals surface area (Å²) in [5, 5.41) is 16.9. The van der Waals surface area contributed by atoms with Gasteiger partial charge in [0.05, 0.1) is 6.61 Å². The quantitative estimate of drug-likeness (QED) is 0.545. The Labute approximate surface area is 110 Å². The third-order valence-electron chi connectivity index (χ3n) is 2.85. The van der Waals surface area contributed by atoms with Crippen molar-refractivity contribution in [2.45, 2.75) is 64.2 Å². The van der Waals surface area contributed by atoms with E-state index in [1.54, 1.807) is 0 Å². The first-order chi connectivity index (χ1) is 8.81. The molecule has 0 unspecified atom stereocenters. The van der Waals surface area contributed by atoms with Gasteiger partial charge in [-0.3, -0.25) is 4.79 Å². The summed E-state index contributed by atoms with van der Waals surface area (Å²) in [4.78, 5) is 10.5. The van der Waals surface area contributed by atoms with Crippen LogP contribution in [0.4, 0.5) is 0 Å². The summed E-state index contributed by atoms with van der Waals surface area (Å²) in [7, 11) is 0. The number of esters is 1. The van der Waals surface area contributed by atoms with Crippen LogP contribution in [0.3, 0.4) is 0 Å². The zero-order chi connectivity index (χ0) is 13.5. The maximum atomic E-state index is 10.5. The second-order valence-corrected chi connectivity index (χ2v) is 4.60. The minimum Gasteiger partial charge on any atom is -0.466 e. The molecule has 0 radical (unpaired) electrons. The van der Waals surface area contributed by atoms with Crippen molar-refractivity contribution in [3.05, 3.63) is 0 Å². The first-order valence-electron chi connectivity index (χ1n) is 7.18. The molecule has 1 rings (SSSR count). The number of ether oxygens (including phenoxy) is 1. The molecule has 0 atom stereocenters. The number of aliphatic hydroxyl groups is 2. The summed E-state index contributed by atoms with van der Waals surface area (Å²) in [6.07, 6.45) is 10.3. The van der Waals surface area contributed by atoms with E-state index in [-0.39, 0.29) is 5.97 Å². The molecule has 0 aromatic heterocycles. The predicted octanol–water partition coefficient (Wildman–Crippen LogP) is 2.42. The molecule has 2 N–H and O–H groups in total. The number of unbranched alkanes of at least 4 members (excludes halogenated alkanes) is 5. The number of carbonyl (C=O) groups is 1. The third-order valence-corrected chi connectivity index (χ3v) is 2.85. The molecule has 4 nitrogen and oxygen atoms in total. The van der Waals surface area contributed by atoms with E-state index < -0.39 is 0 Å². The maximum absolute atomic E-state index is 10.5. The van der Waals surface area contributed by atoms with Gasteiger partial charge in [-0.15, -0.1) is 0 Å². The molecule has 0 aliphatic carbocycles. The molecule has 0 amide bonds. The number of carbonyl (C=O) groups excluding carboxylic acids is 1. The molecule has 0 aromatic carbocycles. The second-order valence-electron chi connectivity index (χ2n) is 4.60. The molecule has 1 saturated heterocycles. The monoisotopic (exact) mass is 260 g/mol. The minimum atomic E-state index is -0.0255. The van der Waals surface area contributed by atoms with Gasteiger partial charge in [-0.1, -0.05) is 25.7 Å². The van der Waals surface area contributed by atoms with Crippen LogP contribution < -0.4 is 0 Å². The largest absolute Gasteiger partial charge is 0.466 e.